The minimum absolute atomic E-state index is 0.0190. The number of allylic oxidation sites excluding steroid dienone is 1. The zero-order valence-corrected chi connectivity index (χ0v) is 17.0. The molecule has 26 heavy (non-hydrogen) atoms. The van der Waals surface area contributed by atoms with E-state index in [-0.39, 0.29) is 48.9 Å². The van der Waals surface area contributed by atoms with E-state index in [9.17, 15) is 14.4 Å². The molecule has 3 saturated carbocycles. The van der Waals surface area contributed by atoms with Crippen molar-refractivity contribution < 1.29 is 18.9 Å². The second-order valence-electron chi connectivity index (χ2n) is 9.29. The van der Waals surface area contributed by atoms with Crippen molar-refractivity contribution in [3.63, 3.8) is 0 Å². The molecule has 4 nitrogen and oxygen atoms in total. The Kier molecular flexibility index (Phi) is 4.51. The third kappa shape index (κ3) is 2.67. The average Bonchev–Trinajstić information content (AvgIpc) is 2.89. The van der Waals surface area contributed by atoms with Crippen LogP contribution in [0.1, 0.15) is 65.7 Å². The summed E-state index contributed by atoms with van der Waals surface area (Å²) in [7, 11) is -0.0893. The molecule has 0 amide bonds. The molecule has 4 aliphatic carbocycles. The quantitative estimate of drug-likeness (QED) is 0.692. The Morgan fingerprint density at radius 2 is 1.81 bits per heavy atom. The second kappa shape index (κ2) is 6.34. The molecule has 4 aliphatic rings. The highest BCUT2D eigenvalue weighted by molar-refractivity contribution is 7.53. The summed E-state index contributed by atoms with van der Waals surface area (Å²) in [6, 6.07) is 0. The lowest BCUT2D eigenvalue weighted by Gasteiger charge is -2.56. The van der Waals surface area contributed by atoms with Gasteiger partial charge in [0, 0.05) is 24.7 Å². The SMILES string of the molecule is CC(=O)PO[C@H]1CC[C@@]2(C)C(=CC(=O)[C@@H]3[C@@H]2CC[C@]2(C)C(=O)CC[C@@H]32)C1. The zero-order chi connectivity index (χ0) is 18.7. The van der Waals surface area contributed by atoms with Crippen LogP contribution in [0.25, 0.3) is 0 Å². The summed E-state index contributed by atoms with van der Waals surface area (Å²) in [5.41, 5.74) is 1.07. The summed E-state index contributed by atoms with van der Waals surface area (Å²) in [5.74, 6) is 1.21. The number of carbonyl (C=O) groups is 3. The Bertz CT molecular complexity index is 698. The van der Waals surface area contributed by atoms with E-state index < -0.39 is 0 Å². The first-order valence-corrected chi connectivity index (χ1v) is 10.9. The van der Waals surface area contributed by atoms with E-state index in [2.05, 4.69) is 13.8 Å². The molecule has 5 heteroatoms. The average molecular weight is 376 g/mol. The van der Waals surface area contributed by atoms with E-state index in [0.717, 1.165) is 38.5 Å². The highest BCUT2D eigenvalue weighted by Crippen LogP contribution is 2.63. The van der Waals surface area contributed by atoms with Crippen LogP contribution in [0.2, 0.25) is 0 Å². The van der Waals surface area contributed by atoms with Gasteiger partial charge in [0.1, 0.15) is 5.78 Å². The minimum atomic E-state index is -0.276. The van der Waals surface area contributed by atoms with E-state index in [4.69, 9.17) is 4.52 Å². The molecule has 0 bridgehead atoms. The molecule has 0 radical (unpaired) electrons. The first-order valence-electron chi connectivity index (χ1n) is 9.96. The highest BCUT2D eigenvalue weighted by atomic mass is 31.1. The van der Waals surface area contributed by atoms with Crippen LogP contribution in [0.5, 0.6) is 0 Å². The fraction of sp³-hybridized carbons (Fsp3) is 0.762. The number of ketones is 2. The van der Waals surface area contributed by atoms with Gasteiger partial charge < -0.3 is 4.52 Å². The Hall–Kier alpha value is -0.860. The summed E-state index contributed by atoms with van der Waals surface area (Å²) in [4.78, 5) is 36.8. The van der Waals surface area contributed by atoms with Crippen molar-refractivity contribution in [3.05, 3.63) is 11.6 Å². The molecule has 0 aromatic heterocycles. The van der Waals surface area contributed by atoms with Gasteiger partial charge in [0.15, 0.2) is 11.3 Å². The van der Waals surface area contributed by atoms with Gasteiger partial charge in [-0.1, -0.05) is 19.4 Å². The Balaban J connectivity index is 1.61. The monoisotopic (exact) mass is 376 g/mol. The summed E-state index contributed by atoms with van der Waals surface area (Å²) in [6.07, 6.45) is 8.12. The first-order chi connectivity index (χ1) is 12.3. The number of Topliss-reactive ketones (excluding diaryl/α,β-unsaturated/α-hetero) is 1. The molecule has 1 unspecified atom stereocenters. The lowest BCUT2D eigenvalue weighted by atomic mass is 9.48. The van der Waals surface area contributed by atoms with Crippen LogP contribution in [0.3, 0.4) is 0 Å². The number of fused-ring (bicyclic) bond motifs is 5. The Morgan fingerprint density at radius 1 is 1.12 bits per heavy atom. The lowest BCUT2D eigenvalue weighted by Crippen LogP contribution is -2.53. The number of hydrogen-bond donors (Lipinski definition) is 0. The lowest BCUT2D eigenvalue weighted by molar-refractivity contribution is -0.139. The van der Waals surface area contributed by atoms with Crippen LogP contribution < -0.4 is 0 Å². The van der Waals surface area contributed by atoms with E-state index in [0.29, 0.717) is 18.1 Å². The Morgan fingerprint density at radius 3 is 2.54 bits per heavy atom. The van der Waals surface area contributed by atoms with Crippen LogP contribution >= 0.6 is 8.81 Å². The summed E-state index contributed by atoms with van der Waals surface area (Å²) in [5, 5.41) is 0. The van der Waals surface area contributed by atoms with Crippen molar-refractivity contribution in [2.75, 3.05) is 0 Å². The third-order valence-electron chi connectivity index (χ3n) is 7.98. The minimum Gasteiger partial charge on any atom is -0.351 e. The Labute approximate surface area is 157 Å². The molecular weight excluding hydrogens is 347 g/mol. The van der Waals surface area contributed by atoms with Gasteiger partial charge in [0.25, 0.3) is 0 Å². The third-order valence-corrected chi connectivity index (χ3v) is 8.72. The summed E-state index contributed by atoms with van der Waals surface area (Å²) >= 11 is 0. The van der Waals surface area contributed by atoms with Crippen molar-refractivity contribution in [3.8, 4) is 0 Å². The van der Waals surface area contributed by atoms with Crippen LogP contribution in [-0.2, 0) is 18.9 Å². The fourth-order valence-corrected chi connectivity index (χ4v) is 6.94. The summed E-state index contributed by atoms with van der Waals surface area (Å²) < 4.78 is 5.79. The van der Waals surface area contributed by atoms with Crippen molar-refractivity contribution >= 4 is 25.9 Å². The van der Waals surface area contributed by atoms with Crippen LogP contribution in [0.15, 0.2) is 11.6 Å². The molecule has 3 fully saturated rings. The number of carbonyl (C=O) groups excluding carboxylic acids is 3. The molecule has 0 N–H and O–H groups in total. The van der Waals surface area contributed by atoms with Crippen LogP contribution in [0, 0.1) is 28.6 Å². The van der Waals surface area contributed by atoms with Gasteiger partial charge in [0.05, 0.1) is 14.9 Å². The molecule has 7 atom stereocenters. The van der Waals surface area contributed by atoms with Gasteiger partial charge in [-0.3, -0.25) is 14.4 Å². The molecule has 0 aliphatic heterocycles. The number of rotatable bonds is 3. The maximum atomic E-state index is 13.1. The van der Waals surface area contributed by atoms with E-state index in [1.54, 1.807) is 6.92 Å². The highest BCUT2D eigenvalue weighted by Gasteiger charge is 2.60. The van der Waals surface area contributed by atoms with E-state index in [1.807, 2.05) is 6.08 Å². The normalized spacial score (nSPS) is 45.3. The maximum Gasteiger partial charge on any atom is 0.175 e. The van der Waals surface area contributed by atoms with E-state index in [1.165, 1.54) is 5.57 Å². The van der Waals surface area contributed by atoms with Crippen molar-refractivity contribution in [1.29, 1.82) is 0 Å². The predicted molar refractivity (Wildman–Crippen MR) is 101 cm³/mol. The van der Waals surface area contributed by atoms with E-state index >= 15 is 0 Å². The first kappa shape index (κ1) is 18.5. The molecule has 0 aromatic rings. The van der Waals surface area contributed by atoms with Crippen molar-refractivity contribution in [2.24, 2.45) is 28.6 Å². The second-order valence-corrected chi connectivity index (χ2v) is 10.4. The molecule has 0 spiro atoms. The van der Waals surface area contributed by atoms with Gasteiger partial charge in [-0.2, -0.15) is 0 Å². The molecular formula is C21H29O4P. The standard InChI is InChI=1S/C21H29O4P/c1-12(22)26-25-14-6-8-20(2)13(10-14)11-17(23)19-15-4-5-18(24)21(15,3)9-7-16(19)20/h11,14-16,19,26H,4-10H2,1-3H3/t14-,15-,16-,19-,20-,21-/m0/s1. The molecule has 142 valence electrons. The van der Waals surface area contributed by atoms with Crippen molar-refractivity contribution in [2.45, 2.75) is 71.8 Å². The molecule has 0 aromatic carbocycles. The molecule has 0 saturated heterocycles. The maximum absolute atomic E-state index is 13.1. The smallest absolute Gasteiger partial charge is 0.175 e. The predicted octanol–water partition coefficient (Wildman–Crippen LogP) is 4.22. The van der Waals surface area contributed by atoms with Crippen LogP contribution in [-0.4, -0.2) is 23.2 Å². The zero-order valence-electron chi connectivity index (χ0n) is 16.0. The van der Waals surface area contributed by atoms with Gasteiger partial charge in [0.2, 0.25) is 0 Å². The summed E-state index contributed by atoms with van der Waals surface area (Å²) in [6.45, 7) is 5.98. The van der Waals surface area contributed by atoms with Crippen molar-refractivity contribution in [1.82, 2.24) is 0 Å². The largest absolute Gasteiger partial charge is 0.351 e. The van der Waals surface area contributed by atoms with Crippen LogP contribution in [0.4, 0.5) is 0 Å². The molecule has 0 heterocycles. The van der Waals surface area contributed by atoms with Gasteiger partial charge in [-0.25, -0.2) is 0 Å². The molecule has 4 rings (SSSR count). The topological polar surface area (TPSA) is 60.4 Å². The van der Waals surface area contributed by atoms with Gasteiger partial charge in [-0.05, 0) is 61.9 Å². The van der Waals surface area contributed by atoms with Gasteiger partial charge >= 0.3 is 0 Å². The fourth-order valence-electron chi connectivity index (χ4n) is 6.41. The van der Waals surface area contributed by atoms with Gasteiger partial charge in [-0.15, -0.1) is 0 Å². The number of hydrogen-bond acceptors (Lipinski definition) is 4.